The number of fused-ring (bicyclic) bond motifs is 1. The van der Waals surface area contributed by atoms with Crippen LogP contribution in [-0.2, 0) is 4.79 Å². The number of hydrogen-bond acceptors (Lipinski definition) is 6. The topological polar surface area (TPSA) is 97.4 Å². The molecular weight excluding hydrogens is 318 g/mol. The third kappa shape index (κ3) is 3.54. The number of para-hydroxylation sites is 2. The molecule has 0 aliphatic rings. The fourth-order valence-corrected chi connectivity index (χ4v) is 2.53. The zero-order valence-electron chi connectivity index (χ0n) is 12.2. The summed E-state index contributed by atoms with van der Waals surface area (Å²) in [6.07, 6.45) is 1.41. The lowest BCUT2D eigenvalue weighted by atomic mass is 10.2. The number of hydrogen-bond donors (Lipinski definition) is 2. The lowest BCUT2D eigenvalue weighted by Crippen LogP contribution is -2.42. The Balaban J connectivity index is 1.50. The van der Waals surface area contributed by atoms with Gasteiger partial charge in [-0.1, -0.05) is 23.9 Å². The molecule has 0 aliphatic heterocycles. The predicted molar refractivity (Wildman–Crippen MR) is 83.8 cm³/mol. The second-order valence-electron chi connectivity index (χ2n) is 4.63. The van der Waals surface area contributed by atoms with Crippen LogP contribution >= 0.6 is 11.8 Å². The summed E-state index contributed by atoms with van der Waals surface area (Å²) < 4.78 is 10.5. The summed E-state index contributed by atoms with van der Waals surface area (Å²) in [5.41, 5.74) is 6.43. The number of carbonyl (C=O) groups is 2. The summed E-state index contributed by atoms with van der Waals surface area (Å²) in [6, 6.07) is 8.88. The highest BCUT2D eigenvalue weighted by Crippen LogP contribution is 2.22. The minimum absolute atomic E-state index is 0.0669. The molecule has 0 bridgehead atoms. The fourth-order valence-electron chi connectivity index (χ4n) is 1.89. The van der Waals surface area contributed by atoms with Crippen LogP contribution in [0, 0.1) is 6.92 Å². The van der Waals surface area contributed by atoms with E-state index in [0.29, 0.717) is 22.1 Å². The summed E-state index contributed by atoms with van der Waals surface area (Å²) in [7, 11) is 0. The van der Waals surface area contributed by atoms with Crippen molar-refractivity contribution in [3.8, 4) is 0 Å². The van der Waals surface area contributed by atoms with Gasteiger partial charge >= 0.3 is 0 Å². The molecule has 0 radical (unpaired) electrons. The summed E-state index contributed by atoms with van der Waals surface area (Å²) in [5, 5.41) is 0.401. The van der Waals surface area contributed by atoms with E-state index in [2.05, 4.69) is 15.8 Å². The molecule has 0 saturated heterocycles. The first-order valence-corrected chi connectivity index (χ1v) is 7.73. The van der Waals surface area contributed by atoms with Crippen molar-refractivity contribution in [2.45, 2.75) is 12.1 Å². The molecule has 0 aliphatic carbocycles. The van der Waals surface area contributed by atoms with Gasteiger partial charge in [0.1, 0.15) is 11.3 Å². The minimum atomic E-state index is -0.434. The van der Waals surface area contributed by atoms with Crippen LogP contribution in [0.2, 0.25) is 0 Å². The highest BCUT2D eigenvalue weighted by atomic mass is 32.2. The molecule has 0 unspecified atom stereocenters. The number of benzene rings is 1. The van der Waals surface area contributed by atoms with Gasteiger partial charge < -0.3 is 8.83 Å². The smallest absolute Gasteiger partial charge is 0.273 e. The Hall–Kier alpha value is -2.74. The lowest BCUT2D eigenvalue weighted by Gasteiger charge is -2.05. The van der Waals surface area contributed by atoms with Gasteiger partial charge in [0.05, 0.1) is 17.6 Å². The Kier molecular flexibility index (Phi) is 4.33. The maximum absolute atomic E-state index is 11.8. The molecule has 2 N–H and O–H groups in total. The number of thioether (sulfide) groups is 1. The van der Waals surface area contributed by atoms with Crippen LogP contribution in [0.3, 0.4) is 0 Å². The van der Waals surface area contributed by atoms with E-state index < -0.39 is 5.91 Å². The zero-order chi connectivity index (χ0) is 16.2. The molecule has 3 aromatic rings. The third-order valence-corrected chi connectivity index (χ3v) is 3.85. The Morgan fingerprint density at radius 2 is 2.04 bits per heavy atom. The molecule has 2 amide bonds. The molecule has 2 aromatic heterocycles. The van der Waals surface area contributed by atoms with Gasteiger partial charge in [0.25, 0.3) is 11.1 Å². The number of amides is 2. The number of carbonyl (C=O) groups excluding carboxylic acids is 2. The van der Waals surface area contributed by atoms with Gasteiger partial charge in [0, 0.05) is 0 Å². The van der Waals surface area contributed by atoms with Gasteiger partial charge in [-0.3, -0.25) is 20.4 Å². The lowest BCUT2D eigenvalue weighted by molar-refractivity contribution is -0.119. The van der Waals surface area contributed by atoms with Gasteiger partial charge in [0.15, 0.2) is 5.58 Å². The minimum Gasteiger partial charge on any atom is -0.469 e. The number of aryl methyl sites for hydroxylation is 1. The van der Waals surface area contributed by atoms with Crippen LogP contribution in [0.5, 0.6) is 0 Å². The van der Waals surface area contributed by atoms with Gasteiger partial charge in [-0.15, -0.1) is 0 Å². The van der Waals surface area contributed by atoms with E-state index in [-0.39, 0.29) is 11.7 Å². The average molecular weight is 331 g/mol. The molecule has 1 aromatic carbocycles. The number of rotatable bonds is 4. The number of nitrogens with one attached hydrogen (secondary N) is 2. The Morgan fingerprint density at radius 1 is 1.22 bits per heavy atom. The number of hydrazine groups is 1. The van der Waals surface area contributed by atoms with E-state index in [1.54, 1.807) is 13.0 Å². The zero-order valence-corrected chi connectivity index (χ0v) is 13.0. The van der Waals surface area contributed by atoms with Crippen molar-refractivity contribution in [1.82, 2.24) is 15.8 Å². The summed E-state index contributed by atoms with van der Waals surface area (Å²) in [4.78, 5) is 27.8. The quantitative estimate of drug-likeness (QED) is 0.562. The number of nitrogens with zero attached hydrogens (tertiary/aromatic N) is 1. The molecule has 0 spiro atoms. The molecule has 7 nitrogen and oxygen atoms in total. The maximum atomic E-state index is 11.8. The summed E-state index contributed by atoms with van der Waals surface area (Å²) in [5.74, 6) is -0.252. The average Bonchev–Trinajstić information content (AvgIpc) is 3.16. The third-order valence-electron chi connectivity index (χ3n) is 3.02. The maximum Gasteiger partial charge on any atom is 0.273 e. The van der Waals surface area contributed by atoms with Gasteiger partial charge in [0.2, 0.25) is 5.91 Å². The first kappa shape index (κ1) is 15.2. The fraction of sp³-hybridized carbons (Fsp3) is 0.133. The van der Waals surface area contributed by atoms with Crippen molar-refractivity contribution in [3.05, 3.63) is 47.9 Å². The number of furan rings is 1. The molecule has 0 saturated carbocycles. The monoisotopic (exact) mass is 331 g/mol. The highest BCUT2D eigenvalue weighted by Gasteiger charge is 2.13. The van der Waals surface area contributed by atoms with Crippen molar-refractivity contribution in [3.63, 3.8) is 0 Å². The van der Waals surface area contributed by atoms with Crippen molar-refractivity contribution in [2.24, 2.45) is 0 Å². The second-order valence-corrected chi connectivity index (χ2v) is 5.56. The van der Waals surface area contributed by atoms with Crippen molar-refractivity contribution in [2.75, 3.05) is 5.75 Å². The Labute approximate surface area is 135 Å². The molecule has 23 heavy (non-hydrogen) atoms. The van der Waals surface area contributed by atoms with Gasteiger partial charge in [-0.05, 0) is 25.1 Å². The van der Waals surface area contributed by atoms with Crippen LogP contribution in [0.25, 0.3) is 11.1 Å². The van der Waals surface area contributed by atoms with Crippen LogP contribution < -0.4 is 10.9 Å². The van der Waals surface area contributed by atoms with Crippen LogP contribution in [0.4, 0.5) is 0 Å². The predicted octanol–water partition coefficient (Wildman–Crippen LogP) is 2.28. The first-order valence-electron chi connectivity index (χ1n) is 6.75. The molecule has 0 fully saturated rings. The van der Waals surface area contributed by atoms with E-state index in [4.69, 9.17) is 8.83 Å². The largest absolute Gasteiger partial charge is 0.469 e. The summed E-state index contributed by atoms with van der Waals surface area (Å²) >= 11 is 1.15. The van der Waals surface area contributed by atoms with E-state index in [9.17, 15) is 9.59 Å². The molecule has 8 heteroatoms. The van der Waals surface area contributed by atoms with Crippen LogP contribution in [0.1, 0.15) is 16.1 Å². The first-order chi connectivity index (χ1) is 11.1. The van der Waals surface area contributed by atoms with E-state index >= 15 is 0 Å². The van der Waals surface area contributed by atoms with Crippen molar-refractivity contribution < 1.29 is 18.4 Å². The Morgan fingerprint density at radius 3 is 2.78 bits per heavy atom. The molecule has 118 valence electrons. The second kappa shape index (κ2) is 6.57. The molecule has 0 atom stereocenters. The van der Waals surface area contributed by atoms with Gasteiger partial charge in [-0.25, -0.2) is 4.98 Å². The van der Waals surface area contributed by atoms with Gasteiger partial charge in [-0.2, -0.15) is 0 Å². The SMILES string of the molecule is Cc1occc1C(=O)NNC(=O)CSc1nc2ccccc2o1. The normalized spacial score (nSPS) is 10.7. The van der Waals surface area contributed by atoms with E-state index in [0.717, 1.165) is 17.3 Å². The van der Waals surface area contributed by atoms with Crippen molar-refractivity contribution >= 4 is 34.7 Å². The number of aromatic nitrogens is 1. The highest BCUT2D eigenvalue weighted by molar-refractivity contribution is 7.99. The standard InChI is InChI=1S/C15H13N3O4S/c1-9-10(6-7-21-9)14(20)18-17-13(19)8-23-15-16-11-4-2-3-5-12(11)22-15/h2-7H,8H2,1H3,(H,17,19)(H,18,20). The molecular formula is C15H13N3O4S. The van der Waals surface area contributed by atoms with Crippen LogP contribution in [0.15, 0.2) is 50.7 Å². The Bertz CT molecular complexity index is 822. The molecule has 2 heterocycles. The van der Waals surface area contributed by atoms with Crippen LogP contribution in [-0.4, -0.2) is 22.6 Å². The molecule has 3 rings (SSSR count). The number of oxazole rings is 1. The van der Waals surface area contributed by atoms with E-state index in [1.165, 1.54) is 12.3 Å². The summed E-state index contributed by atoms with van der Waals surface area (Å²) in [6.45, 7) is 1.67. The van der Waals surface area contributed by atoms with E-state index in [1.807, 2.05) is 18.2 Å². The van der Waals surface area contributed by atoms with Crippen molar-refractivity contribution in [1.29, 1.82) is 0 Å².